The van der Waals surface area contributed by atoms with Crippen LogP contribution in [-0.4, -0.2) is 28.4 Å². The van der Waals surface area contributed by atoms with Crippen LogP contribution in [-0.2, 0) is 6.42 Å². The van der Waals surface area contributed by atoms with Crippen molar-refractivity contribution >= 4 is 5.91 Å². The molecule has 0 fully saturated rings. The van der Waals surface area contributed by atoms with Crippen LogP contribution in [0.1, 0.15) is 29.8 Å². The van der Waals surface area contributed by atoms with Gasteiger partial charge >= 0.3 is 0 Å². The Labute approximate surface area is 120 Å². The van der Waals surface area contributed by atoms with Crippen molar-refractivity contribution in [1.29, 1.82) is 0 Å². The molecule has 0 spiro atoms. The lowest BCUT2D eigenvalue weighted by atomic mass is 10.1. The number of pyridine rings is 1. The number of aromatic nitrogens is 1. The molecule has 1 aromatic carbocycles. The number of hydrogen-bond acceptors (Lipinski definition) is 2. The first-order chi connectivity index (χ1) is 9.68. The maximum Gasteiger partial charge on any atom is 0.254 e. The quantitative estimate of drug-likeness (QED) is 0.834. The molecule has 3 heteroatoms. The highest BCUT2D eigenvalue weighted by Crippen LogP contribution is 2.10. The average molecular weight is 268 g/mol. The Morgan fingerprint density at radius 1 is 1.10 bits per heavy atom. The van der Waals surface area contributed by atoms with Gasteiger partial charge in [0.15, 0.2) is 0 Å². The maximum atomic E-state index is 12.5. The lowest BCUT2D eigenvalue weighted by molar-refractivity contribution is 0.0708. The zero-order valence-corrected chi connectivity index (χ0v) is 12.0. The topological polar surface area (TPSA) is 33.2 Å². The van der Waals surface area contributed by atoms with Crippen molar-refractivity contribution < 1.29 is 4.79 Å². The lowest BCUT2D eigenvalue weighted by Gasteiger charge is -2.27. The molecule has 1 amide bonds. The molecule has 0 unspecified atom stereocenters. The van der Waals surface area contributed by atoms with E-state index in [4.69, 9.17) is 0 Å². The summed E-state index contributed by atoms with van der Waals surface area (Å²) in [7, 11) is 0. The summed E-state index contributed by atoms with van der Waals surface area (Å²) in [5, 5.41) is 0. The Morgan fingerprint density at radius 2 is 1.75 bits per heavy atom. The third-order valence-electron chi connectivity index (χ3n) is 3.30. The van der Waals surface area contributed by atoms with Gasteiger partial charge in [0.05, 0.1) is 0 Å². The van der Waals surface area contributed by atoms with E-state index in [2.05, 4.69) is 17.1 Å². The second-order valence-corrected chi connectivity index (χ2v) is 5.06. The molecule has 0 bridgehead atoms. The predicted octanol–water partition coefficient (Wildman–Crippen LogP) is 3.17. The normalized spacial score (nSPS) is 10.6. The summed E-state index contributed by atoms with van der Waals surface area (Å²) >= 11 is 0. The van der Waals surface area contributed by atoms with E-state index in [1.54, 1.807) is 24.5 Å². The van der Waals surface area contributed by atoms with Gasteiger partial charge in [-0.1, -0.05) is 30.3 Å². The van der Waals surface area contributed by atoms with Crippen LogP contribution in [0.15, 0.2) is 54.9 Å². The van der Waals surface area contributed by atoms with Gasteiger partial charge < -0.3 is 4.90 Å². The van der Waals surface area contributed by atoms with Crippen LogP contribution in [0.25, 0.3) is 0 Å². The predicted molar refractivity (Wildman–Crippen MR) is 80.6 cm³/mol. The summed E-state index contributed by atoms with van der Waals surface area (Å²) < 4.78 is 0. The molecule has 0 aliphatic heterocycles. The second kappa shape index (κ2) is 6.85. The highest BCUT2D eigenvalue weighted by atomic mass is 16.2. The summed E-state index contributed by atoms with van der Waals surface area (Å²) in [4.78, 5) is 18.4. The van der Waals surface area contributed by atoms with Crippen LogP contribution in [0, 0.1) is 0 Å². The molecule has 1 aromatic heterocycles. The molecule has 104 valence electrons. The standard InChI is InChI=1S/C17H20N2O/c1-14(2)19(13-10-15-6-4-3-5-7-15)17(20)16-8-11-18-12-9-16/h3-9,11-12,14H,10,13H2,1-2H3. The van der Waals surface area contributed by atoms with Crippen LogP contribution >= 0.6 is 0 Å². The van der Waals surface area contributed by atoms with Crippen LogP contribution in [0.3, 0.4) is 0 Å². The fourth-order valence-electron chi connectivity index (χ4n) is 2.15. The van der Waals surface area contributed by atoms with E-state index in [1.807, 2.05) is 36.9 Å². The van der Waals surface area contributed by atoms with Gasteiger partial charge in [-0.2, -0.15) is 0 Å². The first kappa shape index (κ1) is 14.3. The van der Waals surface area contributed by atoms with Gasteiger partial charge in [0.1, 0.15) is 0 Å². The van der Waals surface area contributed by atoms with E-state index in [0.29, 0.717) is 5.56 Å². The van der Waals surface area contributed by atoms with Crippen LogP contribution in [0.5, 0.6) is 0 Å². The van der Waals surface area contributed by atoms with E-state index in [9.17, 15) is 4.79 Å². The number of rotatable bonds is 5. The minimum atomic E-state index is 0.0679. The first-order valence-corrected chi connectivity index (χ1v) is 6.93. The monoisotopic (exact) mass is 268 g/mol. The third-order valence-corrected chi connectivity index (χ3v) is 3.30. The van der Waals surface area contributed by atoms with Crippen LogP contribution in [0.2, 0.25) is 0 Å². The van der Waals surface area contributed by atoms with Crippen molar-refractivity contribution in [2.24, 2.45) is 0 Å². The molecule has 20 heavy (non-hydrogen) atoms. The zero-order valence-electron chi connectivity index (χ0n) is 12.0. The smallest absolute Gasteiger partial charge is 0.254 e. The summed E-state index contributed by atoms with van der Waals surface area (Å²) in [6.07, 6.45) is 4.18. The number of benzene rings is 1. The molecule has 0 saturated carbocycles. The van der Waals surface area contributed by atoms with Crippen LogP contribution < -0.4 is 0 Å². The number of hydrogen-bond donors (Lipinski definition) is 0. The van der Waals surface area contributed by atoms with Crippen molar-refractivity contribution in [3.63, 3.8) is 0 Å². The summed E-state index contributed by atoms with van der Waals surface area (Å²) in [5.41, 5.74) is 1.95. The highest BCUT2D eigenvalue weighted by molar-refractivity contribution is 5.94. The molecule has 3 nitrogen and oxygen atoms in total. The number of carbonyl (C=O) groups is 1. The van der Waals surface area contributed by atoms with E-state index < -0.39 is 0 Å². The largest absolute Gasteiger partial charge is 0.336 e. The van der Waals surface area contributed by atoms with E-state index >= 15 is 0 Å². The van der Waals surface area contributed by atoms with Crippen LogP contribution in [0.4, 0.5) is 0 Å². The number of nitrogens with zero attached hydrogens (tertiary/aromatic N) is 2. The summed E-state index contributed by atoms with van der Waals surface area (Å²) in [6.45, 7) is 4.82. The molecule has 0 atom stereocenters. The average Bonchev–Trinajstić information content (AvgIpc) is 2.49. The Balaban J connectivity index is 2.06. The van der Waals surface area contributed by atoms with Crippen molar-refractivity contribution in [2.45, 2.75) is 26.3 Å². The van der Waals surface area contributed by atoms with E-state index in [0.717, 1.165) is 13.0 Å². The second-order valence-electron chi connectivity index (χ2n) is 5.06. The minimum Gasteiger partial charge on any atom is -0.336 e. The summed E-state index contributed by atoms with van der Waals surface area (Å²) in [5.74, 6) is 0.0679. The first-order valence-electron chi connectivity index (χ1n) is 6.93. The van der Waals surface area contributed by atoms with E-state index in [1.165, 1.54) is 5.56 Å². The summed E-state index contributed by atoms with van der Waals surface area (Å²) in [6, 6.07) is 14.0. The molecule has 2 rings (SSSR count). The van der Waals surface area contributed by atoms with Gasteiger partial charge in [-0.25, -0.2) is 0 Å². The van der Waals surface area contributed by atoms with Crippen molar-refractivity contribution in [3.8, 4) is 0 Å². The molecular formula is C17H20N2O. The van der Waals surface area contributed by atoms with Gasteiger partial charge in [0.2, 0.25) is 0 Å². The number of carbonyl (C=O) groups excluding carboxylic acids is 1. The van der Waals surface area contributed by atoms with Crippen molar-refractivity contribution in [3.05, 3.63) is 66.0 Å². The van der Waals surface area contributed by atoms with Gasteiger partial charge in [-0.15, -0.1) is 0 Å². The van der Waals surface area contributed by atoms with Crippen molar-refractivity contribution in [2.75, 3.05) is 6.54 Å². The molecule has 0 saturated heterocycles. The van der Waals surface area contributed by atoms with Gasteiger partial charge in [0.25, 0.3) is 5.91 Å². The Bertz CT molecular complexity index is 537. The molecule has 0 aliphatic carbocycles. The fraction of sp³-hybridized carbons (Fsp3) is 0.294. The lowest BCUT2D eigenvalue weighted by Crippen LogP contribution is -2.38. The zero-order chi connectivity index (χ0) is 14.4. The Hall–Kier alpha value is -2.16. The molecule has 1 heterocycles. The highest BCUT2D eigenvalue weighted by Gasteiger charge is 2.18. The fourth-order valence-corrected chi connectivity index (χ4v) is 2.15. The molecular weight excluding hydrogens is 248 g/mol. The van der Waals surface area contributed by atoms with E-state index in [-0.39, 0.29) is 11.9 Å². The number of amides is 1. The maximum absolute atomic E-state index is 12.5. The molecule has 0 aliphatic rings. The Morgan fingerprint density at radius 3 is 2.35 bits per heavy atom. The minimum absolute atomic E-state index is 0.0679. The third kappa shape index (κ3) is 3.67. The van der Waals surface area contributed by atoms with Crippen molar-refractivity contribution in [1.82, 2.24) is 9.88 Å². The molecule has 2 aromatic rings. The SMILES string of the molecule is CC(C)N(CCc1ccccc1)C(=O)c1ccncc1. The van der Waals surface area contributed by atoms with Gasteiger partial charge in [-0.05, 0) is 38.0 Å². The molecule has 0 radical (unpaired) electrons. The van der Waals surface area contributed by atoms with Gasteiger partial charge in [-0.3, -0.25) is 9.78 Å². The Kier molecular flexibility index (Phi) is 4.88. The molecule has 0 N–H and O–H groups in total. The van der Waals surface area contributed by atoms with Gasteiger partial charge in [0, 0.05) is 30.5 Å².